The number of aliphatic hydroxyl groups excluding tert-OH is 2. The van der Waals surface area contributed by atoms with E-state index in [0.29, 0.717) is 5.69 Å². The molecule has 0 fully saturated rings. The van der Waals surface area contributed by atoms with Gasteiger partial charge in [-0.1, -0.05) is 6.08 Å². The SMILES string of the molecule is NC[C@@H](O)C(O)c1c(F)c(F)c(C(c2ccc[nH]2)C2C=CC=N2)c(F)c1F. The third-order valence-electron chi connectivity index (χ3n) is 4.50. The summed E-state index contributed by atoms with van der Waals surface area (Å²) in [5.41, 5.74) is 3.28. The molecule has 5 N–H and O–H groups in total. The Labute approximate surface area is 151 Å². The van der Waals surface area contributed by atoms with Crippen LogP contribution in [0.5, 0.6) is 0 Å². The van der Waals surface area contributed by atoms with Crippen molar-refractivity contribution in [1.82, 2.24) is 4.98 Å². The van der Waals surface area contributed by atoms with E-state index in [9.17, 15) is 27.8 Å². The molecule has 2 heterocycles. The van der Waals surface area contributed by atoms with Crippen LogP contribution in [0.25, 0.3) is 0 Å². The molecule has 9 heteroatoms. The summed E-state index contributed by atoms with van der Waals surface area (Å²) in [5.74, 6) is -8.06. The zero-order valence-corrected chi connectivity index (χ0v) is 13.9. The van der Waals surface area contributed by atoms with Crippen LogP contribution in [0.15, 0.2) is 35.5 Å². The van der Waals surface area contributed by atoms with E-state index in [-0.39, 0.29) is 0 Å². The standard InChI is InChI=1S/C18H17F4N3O2/c19-14-12(11(8-3-1-5-24-8)9-4-2-6-25-9)15(20)17(22)13(16(14)21)18(27)10(26)7-23/h1-6,8,10-11,18,25-27H,7,23H2/t8?,10-,11?,18?/m1/s1. The smallest absolute Gasteiger partial charge is 0.168 e. The molecule has 0 saturated heterocycles. The van der Waals surface area contributed by atoms with Crippen LogP contribution in [0.1, 0.15) is 28.8 Å². The number of H-pyrrole nitrogens is 1. The topological polar surface area (TPSA) is 94.6 Å². The number of hydrogen-bond donors (Lipinski definition) is 4. The van der Waals surface area contributed by atoms with E-state index in [1.807, 2.05) is 0 Å². The predicted octanol–water partition coefficient (Wildman–Crippen LogP) is 2.07. The summed E-state index contributed by atoms with van der Waals surface area (Å²) in [6, 6.07) is 2.31. The van der Waals surface area contributed by atoms with Gasteiger partial charge >= 0.3 is 0 Å². The molecule has 1 aliphatic rings. The van der Waals surface area contributed by atoms with E-state index in [4.69, 9.17) is 5.73 Å². The maximum absolute atomic E-state index is 14.8. The Morgan fingerprint density at radius 1 is 1.07 bits per heavy atom. The number of nitrogens with one attached hydrogen (secondary N) is 1. The van der Waals surface area contributed by atoms with Gasteiger partial charge in [-0.15, -0.1) is 0 Å². The highest BCUT2D eigenvalue weighted by Gasteiger charge is 2.37. The van der Waals surface area contributed by atoms with Crippen LogP contribution < -0.4 is 5.73 Å². The normalized spacial score (nSPS) is 19.4. The Hall–Kier alpha value is -2.49. The van der Waals surface area contributed by atoms with Crippen LogP contribution >= 0.6 is 0 Å². The molecule has 0 aliphatic carbocycles. The lowest BCUT2D eigenvalue weighted by atomic mass is 9.86. The third kappa shape index (κ3) is 3.29. The number of rotatable bonds is 6. The zero-order chi connectivity index (χ0) is 19.7. The van der Waals surface area contributed by atoms with Gasteiger partial charge in [-0.3, -0.25) is 4.99 Å². The van der Waals surface area contributed by atoms with E-state index in [2.05, 4.69) is 9.98 Å². The van der Waals surface area contributed by atoms with E-state index >= 15 is 0 Å². The first-order chi connectivity index (χ1) is 12.9. The molecular formula is C18H17F4N3O2. The van der Waals surface area contributed by atoms with Gasteiger partial charge in [-0.2, -0.15) is 0 Å². The molecule has 3 unspecified atom stereocenters. The fourth-order valence-electron chi connectivity index (χ4n) is 3.13. The number of aromatic nitrogens is 1. The van der Waals surface area contributed by atoms with Crippen molar-refractivity contribution < 1.29 is 27.8 Å². The Bertz CT molecular complexity index is 842. The minimum atomic E-state index is -2.22. The van der Waals surface area contributed by atoms with E-state index in [0.717, 1.165) is 0 Å². The number of nitrogens with two attached hydrogens (primary N) is 1. The van der Waals surface area contributed by atoms with Crippen LogP contribution in [0.4, 0.5) is 17.6 Å². The van der Waals surface area contributed by atoms with E-state index in [1.54, 1.807) is 18.2 Å². The number of halogens is 4. The summed E-state index contributed by atoms with van der Waals surface area (Å²) in [6.07, 6.45) is 2.00. The summed E-state index contributed by atoms with van der Waals surface area (Å²) in [5, 5.41) is 19.4. The highest BCUT2D eigenvalue weighted by Crippen LogP contribution is 2.38. The van der Waals surface area contributed by atoms with Gasteiger partial charge in [0.15, 0.2) is 23.3 Å². The van der Waals surface area contributed by atoms with Crippen molar-refractivity contribution in [2.75, 3.05) is 6.54 Å². The molecule has 1 aliphatic heterocycles. The van der Waals surface area contributed by atoms with E-state index in [1.165, 1.54) is 18.5 Å². The molecule has 0 saturated carbocycles. The second kappa shape index (κ2) is 7.63. The molecular weight excluding hydrogens is 366 g/mol. The van der Waals surface area contributed by atoms with Crippen molar-refractivity contribution in [3.05, 3.63) is 70.6 Å². The monoisotopic (exact) mass is 383 g/mol. The van der Waals surface area contributed by atoms with Gasteiger partial charge in [-0.25, -0.2) is 17.6 Å². The van der Waals surface area contributed by atoms with Crippen molar-refractivity contribution in [1.29, 1.82) is 0 Å². The maximum atomic E-state index is 14.8. The zero-order valence-electron chi connectivity index (χ0n) is 13.9. The number of allylic oxidation sites excluding steroid dienone is 1. The van der Waals surface area contributed by atoms with Crippen LogP contribution in [0, 0.1) is 23.3 Å². The summed E-state index contributed by atoms with van der Waals surface area (Å²) < 4.78 is 58.8. The molecule has 1 aromatic carbocycles. The molecule has 5 nitrogen and oxygen atoms in total. The maximum Gasteiger partial charge on any atom is 0.168 e. The average Bonchev–Trinajstić information content (AvgIpc) is 3.37. The van der Waals surface area contributed by atoms with Gasteiger partial charge in [-0.05, 0) is 18.2 Å². The molecule has 0 spiro atoms. The number of aliphatic hydroxyl groups is 2. The Morgan fingerprint density at radius 3 is 2.19 bits per heavy atom. The van der Waals surface area contributed by atoms with Crippen LogP contribution in [-0.4, -0.2) is 40.1 Å². The lowest BCUT2D eigenvalue weighted by Crippen LogP contribution is -2.30. The first kappa shape index (κ1) is 19.3. The summed E-state index contributed by atoms with van der Waals surface area (Å²) >= 11 is 0. The van der Waals surface area contributed by atoms with Gasteiger partial charge in [0.1, 0.15) is 6.10 Å². The lowest BCUT2D eigenvalue weighted by Gasteiger charge is -2.24. The molecule has 0 bridgehead atoms. The quantitative estimate of drug-likeness (QED) is 0.454. The highest BCUT2D eigenvalue weighted by atomic mass is 19.2. The number of aromatic amines is 1. The Morgan fingerprint density at radius 2 is 1.70 bits per heavy atom. The molecule has 144 valence electrons. The number of nitrogens with zero attached hydrogens (tertiary/aromatic N) is 1. The molecule has 2 aromatic rings. The fraction of sp³-hybridized carbons (Fsp3) is 0.278. The average molecular weight is 383 g/mol. The first-order valence-corrected chi connectivity index (χ1v) is 8.13. The molecule has 27 heavy (non-hydrogen) atoms. The second-order valence-corrected chi connectivity index (χ2v) is 6.11. The fourth-order valence-corrected chi connectivity index (χ4v) is 3.13. The van der Waals surface area contributed by atoms with Gasteiger partial charge in [0.2, 0.25) is 0 Å². The largest absolute Gasteiger partial charge is 0.389 e. The molecule has 0 radical (unpaired) electrons. The Kier molecular flexibility index (Phi) is 5.45. The highest BCUT2D eigenvalue weighted by molar-refractivity contribution is 5.74. The van der Waals surface area contributed by atoms with Crippen LogP contribution in [0.2, 0.25) is 0 Å². The van der Waals surface area contributed by atoms with Crippen molar-refractivity contribution >= 4 is 6.21 Å². The van der Waals surface area contributed by atoms with E-state index < -0.39 is 65.1 Å². The van der Waals surface area contributed by atoms with Gasteiger partial charge in [0, 0.05) is 30.2 Å². The Balaban J connectivity index is 2.21. The molecule has 3 rings (SSSR count). The molecule has 1 aromatic heterocycles. The van der Waals surface area contributed by atoms with Crippen molar-refractivity contribution in [2.24, 2.45) is 10.7 Å². The molecule has 0 amide bonds. The van der Waals surface area contributed by atoms with Crippen LogP contribution in [-0.2, 0) is 0 Å². The third-order valence-corrected chi connectivity index (χ3v) is 4.50. The van der Waals surface area contributed by atoms with Crippen molar-refractivity contribution in [3.8, 4) is 0 Å². The number of aliphatic imine (C=N–C) groups is 1. The summed E-state index contributed by atoms with van der Waals surface area (Å²) in [7, 11) is 0. The van der Waals surface area contributed by atoms with Crippen molar-refractivity contribution in [2.45, 2.75) is 24.2 Å². The second-order valence-electron chi connectivity index (χ2n) is 6.11. The van der Waals surface area contributed by atoms with Gasteiger partial charge in [0.25, 0.3) is 0 Å². The first-order valence-electron chi connectivity index (χ1n) is 8.13. The summed E-state index contributed by atoms with van der Waals surface area (Å²) in [6.45, 7) is -0.558. The minimum Gasteiger partial charge on any atom is -0.389 e. The number of hydrogen-bond acceptors (Lipinski definition) is 4. The minimum absolute atomic E-state index is 0.301. The lowest BCUT2D eigenvalue weighted by molar-refractivity contribution is 0.0189. The van der Waals surface area contributed by atoms with Gasteiger partial charge in [0.05, 0.1) is 23.6 Å². The van der Waals surface area contributed by atoms with Crippen LogP contribution in [0.3, 0.4) is 0 Å². The number of benzene rings is 1. The predicted molar refractivity (Wildman–Crippen MR) is 90.4 cm³/mol. The summed E-state index contributed by atoms with van der Waals surface area (Å²) in [4.78, 5) is 6.85. The van der Waals surface area contributed by atoms with Crippen molar-refractivity contribution in [3.63, 3.8) is 0 Å². The van der Waals surface area contributed by atoms with Gasteiger partial charge < -0.3 is 20.9 Å². The molecule has 4 atom stereocenters.